The first-order chi connectivity index (χ1) is 10.3. The van der Waals surface area contributed by atoms with Gasteiger partial charge >= 0.3 is 0 Å². The van der Waals surface area contributed by atoms with Gasteiger partial charge in [0.05, 0.1) is 6.54 Å². The van der Waals surface area contributed by atoms with Crippen molar-refractivity contribution in [3.8, 4) is 0 Å². The maximum atomic E-state index is 4.43. The van der Waals surface area contributed by atoms with Crippen LogP contribution in [0.15, 0.2) is 11.2 Å². The Balaban J connectivity index is 1.44. The van der Waals surface area contributed by atoms with Crippen LogP contribution in [0.25, 0.3) is 0 Å². The number of rotatable bonds is 5. The molecule has 0 bridgehead atoms. The van der Waals surface area contributed by atoms with E-state index in [-0.39, 0.29) is 0 Å². The highest BCUT2D eigenvalue weighted by molar-refractivity contribution is 7.11. The zero-order valence-corrected chi connectivity index (χ0v) is 13.7. The van der Waals surface area contributed by atoms with Crippen molar-refractivity contribution < 1.29 is 0 Å². The number of nitrogens with one attached hydrogen (secondary N) is 2. The lowest BCUT2D eigenvalue weighted by atomic mass is 10.3. The standard InChI is InChI=1S/C15H25N5S/c1-3-13-8-17-14(21-13)9-18-15(16-2)19-11-6-7-20(10-11)12-4-5-12/h8,11-12H,3-7,9-10H2,1-2H3,(H2,16,18,19). The van der Waals surface area contributed by atoms with Gasteiger partial charge in [0.15, 0.2) is 5.96 Å². The number of likely N-dealkylation sites (tertiary alicyclic amines) is 1. The fourth-order valence-electron chi connectivity index (χ4n) is 2.82. The molecule has 1 aromatic rings. The molecule has 1 aliphatic heterocycles. The van der Waals surface area contributed by atoms with Gasteiger partial charge in [0.2, 0.25) is 0 Å². The quantitative estimate of drug-likeness (QED) is 0.641. The van der Waals surface area contributed by atoms with Gasteiger partial charge in [-0.15, -0.1) is 11.3 Å². The van der Waals surface area contributed by atoms with E-state index in [0.29, 0.717) is 6.04 Å². The molecular weight excluding hydrogens is 282 g/mol. The van der Waals surface area contributed by atoms with Crippen molar-refractivity contribution in [1.29, 1.82) is 0 Å². The number of aryl methyl sites for hydroxylation is 1. The molecule has 5 nitrogen and oxygen atoms in total. The molecule has 1 aromatic heterocycles. The molecule has 2 aliphatic rings. The minimum absolute atomic E-state index is 0.527. The topological polar surface area (TPSA) is 52.6 Å². The van der Waals surface area contributed by atoms with E-state index in [1.54, 1.807) is 11.3 Å². The smallest absolute Gasteiger partial charge is 0.191 e. The zero-order valence-electron chi connectivity index (χ0n) is 12.9. The molecule has 2 N–H and O–H groups in total. The molecular formula is C15H25N5S. The number of thiazole rings is 1. The highest BCUT2D eigenvalue weighted by Gasteiger charge is 2.34. The molecule has 0 aromatic carbocycles. The van der Waals surface area contributed by atoms with Gasteiger partial charge in [0.25, 0.3) is 0 Å². The summed E-state index contributed by atoms with van der Waals surface area (Å²) in [4.78, 5) is 12.7. The summed E-state index contributed by atoms with van der Waals surface area (Å²) in [6.07, 6.45) is 7.04. The van der Waals surface area contributed by atoms with Crippen LogP contribution in [0.5, 0.6) is 0 Å². The number of hydrogen-bond acceptors (Lipinski definition) is 4. The Morgan fingerprint density at radius 3 is 3.00 bits per heavy atom. The highest BCUT2D eigenvalue weighted by Crippen LogP contribution is 2.29. The molecule has 0 amide bonds. The number of aromatic nitrogens is 1. The second-order valence-electron chi connectivity index (χ2n) is 5.86. The molecule has 1 aliphatic carbocycles. The van der Waals surface area contributed by atoms with Crippen LogP contribution in [0.4, 0.5) is 0 Å². The van der Waals surface area contributed by atoms with Crippen LogP contribution in [0.2, 0.25) is 0 Å². The summed E-state index contributed by atoms with van der Waals surface area (Å²) in [6.45, 7) is 5.30. The van der Waals surface area contributed by atoms with Gasteiger partial charge in [0.1, 0.15) is 5.01 Å². The predicted molar refractivity (Wildman–Crippen MR) is 87.8 cm³/mol. The Kier molecular flexibility index (Phi) is 4.75. The van der Waals surface area contributed by atoms with E-state index in [2.05, 4.69) is 32.4 Å². The minimum atomic E-state index is 0.527. The van der Waals surface area contributed by atoms with E-state index < -0.39 is 0 Å². The summed E-state index contributed by atoms with van der Waals surface area (Å²) < 4.78 is 0. The van der Waals surface area contributed by atoms with Crippen molar-refractivity contribution in [3.63, 3.8) is 0 Å². The first-order valence-electron chi connectivity index (χ1n) is 7.93. The molecule has 6 heteroatoms. The molecule has 2 heterocycles. The van der Waals surface area contributed by atoms with Crippen molar-refractivity contribution in [2.24, 2.45) is 4.99 Å². The normalized spacial score (nSPS) is 23.5. The Bertz CT molecular complexity index is 494. The van der Waals surface area contributed by atoms with Crippen molar-refractivity contribution in [2.45, 2.75) is 51.2 Å². The van der Waals surface area contributed by atoms with Crippen LogP contribution in [0.3, 0.4) is 0 Å². The van der Waals surface area contributed by atoms with Gasteiger partial charge in [-0.2, -0.15) is 0 Å². The zero-order chi connectivity index (χ0) is 14.7. The largest absolute Gasteiger partial charge is 0.352 e. The summed E-state index contributed by atoms with van der Waals surface area (Å²) in [7, 11) is 1.84. The van der Waals surface area contributed by atoms with Gasteiger partial charge < -0.3 is 10.6 Å². The third-order valence-electron chi connectivity index (χ3n) is 4.20. The molecule has 21 heavy (non-hydrogen) atoms. The van der Waals surface area contributed by atoms with Crippen molar-refractivity contribution in [1.82, 2.24) is 20.5 Å². The van der Waals surface area contributed by atoms with Crippen LogP contribution in [0, 0.1) is 0 Å². The Morgan fingerprint density at radius 1 is 1.48 bits per heavy atom. The van der Waals surface area contributed by atoms with Gasteiger partial charge in [-0.1, -0.05) is 6.92 Å². The summed E-state index contributed by atoms with van der Waals surface area (Å²) in [5.74, 6) is 0.894. The summed E-state index contributed by atoms with van der Waals surface area (Å²) in [5, 5.41) is 8.05. The molecule has 0 radical (unpaired) electrons. The Hall–Kier alpha value is -1.14. The SMILES string of the molecule is CCc1cnc(CNC(=NC)NC2CCN(C3CC3)C2)s1. The minimum Gasteiger partial charge on any atom is -0.352 e. The van der Waals surface area contributed by atoms with Crippen LogP contribution in [-0.4, -0.2) is 48.1 Å². The average molecular weight is 307 g/mol. The molecule has 1 saturated heterocycles. The highest BCUT2D eigenvalue weighted by atomic mass is 32.1. The lowest BCUT2D eigenvalue weighted by Crippen LogP contribution is -2.44. The maximum absolute atomic E-state index is 4.43. The van der Waals surface area contributed by atoms with E-state index in [1.165, 1.54) is 30.7 Å². The number of nitrogens with zero attached hydrogens (tertiary/aromatic N) is 3. The van der Waals surface area contributed by atoms with Crippen molar-refractivity contribution in [2.75, 3.05) is 20.1 Å². The van der Waals surface area contributed by atoms with Crippen LogP contribution in [0.1, 0.15) is 36.1 Å². The van der Waals surface area contributed by atoms with Gasteiger partial charge in [0, 0.05) is 43.3 Å². The van der Waals surface area contributed by atoms with Gasteiger partial charge in [-0.25, -0.2) is 4.98 Å². The fourth-order valence-corrected chi connectivity index (χ4v) is 3.62. The fraction of sp³-hybridized carbons (Fsp3) is 0.733. The van der Waals surface area contributed by atoms with Gasteiger partial charge in [-0.05, 0) is 25.7 Å². The van der Waals surface area contributed by atoms with E-state index in [1.807, 2.05) is 13.2 Å². The third kappa shape index (κ3) is 3.95. The summed E-state index contributed by atoms with van der Waals surface area (Å²) in [5.41, 5.74) is 0. The second-order valence-corrected chi connectivity index (χ2v) is 7.06. The summed E-state index contributed by atoms with van der Waals surface area (Å²) >= 11 is 1.78. The summed E-state index contributed by atoms with van der Waals surface area (Å²) in [6, 6.07) is 1.40. The van der Waals surface area contributed by atoms with Crippen LogP contribution < -0.4 is 10.6 Å². The van der Waals surface area contributed by atoms with Crippen LogP contribution >= 0.6 is 11.3 Å². The number of guanidine groups is 1. The molecule has 0 spiro atoms. The van der Waals surface area contributed by atoms with E-state index in [0.717, 1.165) is 36.5 Å². The maximum Gasteiger partial charge on any atom is 0.191 e. The number of aliphatic imine (C=N–C) groups is 1. The molecule has 1 unspecified atom stereocenters. The lowest BCUT2D eigenvalue weighted by molar-refractivity contribution is 0.321. The lowest BCUT2D eigenvalue weighted by Gasteiger charge is -2.18. The van der Waals surface area contributed by atoms with E-state index in [9.17, 15) is 0 Å². The predicted octanol–water partition coefficient (Wildman–Crippen LogP) is 1.61. The first-order valence-corrected chi connectivity index (χ1v) is 8.75. The van der Waals surface area contributed by atoms with E-state index >= 15 is 0 Å². The molecule has 2 fully saturated rings. The second kappa shape index (κ2) is 6.75. The van der Waals surface area contributed by atoms with Crippen LogP contribution in [-0.2, 0) is 13.0 Å². The third-order valence-corrected chi connectivity index (χ3v) is 5.35. The number of hydrogen-bond donors (Lipinski definition) is 2. The molecule has 1 atom stereocenters. The monoisotopic (exact) mass is 307 g/mol. The van der Waals surface area contributed by atoms with Crippen molar-refractivity contribution in [3.05, 3.63) is 16.1 Å². The van der Waals surface area contributed by atoms with E-state index in [4.69, 9.17) is 0 Å². The Labute approximate surface area is 130 Å². The molecule has 1 saturated carbocycles. The average Bonchev–Trinajstić information content (AvgIpc) is 3.08. The van der Waals surface area contributed by atoms with Crippen molar-refractivity contribution >= 4 is 17.3 Å². The molecule has 116 valence electrons. The molecule has 3 rings (SSSR count). The Morgan fingerprint density at radius 2 is 2.33 bits per heavy atom. The van der Waals surface area contributed by atoms with Gasteiger partial charge in [-0.3, -0.25) is 9.89 Å². The first kappa shape index (κ1) is 14.8.